The Morgan fingerprint density at radius 3 is 2.32 bits per heavy atom. The molecule has 138 valence electrons. The Hall–Kier alpha value is -3.44. The Kier molecular flexibility index (Phi) is 5.45. The molecule has 0 spiro atoms. The maximum atomic E-state index is 6.04. The molecule has 1 aromatic heterocycles. The van der Waals surface area contributed by atoms with Crippen LogP contribution in [0.4, 0.5) is 0 Å². The van der Waals surface area contributed by atoms with Crippen molar-refractivity contribution in [2.75, 3.05) is 0 Å². The quantitative estimate of drug-likeness (QED) is 0.399. The fraction of sp³-hybridized carbons (Fsp3) is 0.0435. The van der Waals surface area contributed by atoms with E-state index in [2.05, 4.69) is 21.9 Å². The van der Waals surface area contributed by atoms with Gasteiger partial charge in [0.05, 0.1) is 0 Å². The van der Waals surface area contributed by atoms with Crippen LogP contribution in [0.5, 0.6) is 0 Å². The Bertz CT molecular complexity index is 1150. The zero-order valence-corrected chi connectivity index (χ0v) is 15.9. The van der Waals surface area contributed by atoms with Crippen molar-refractivity contribution in [1.82, 2.24) is 10.7 Å². The molecule has 0 unspecified atom stereocenters. The first kappa shape index (κ1) is 17.9. The van der Waals surface area contributed by atoms with Gasteiger partial charge in [-0.05, 0) is 35.5 Å². The molecular weight excluding hydrogens is 366 g/mol. The predicted octanol–water partition coefficient (Wildman–Crippen LogP) is 4.58. The van der Waals surface area contributed by atoms with Gasteiger partial charge in [-0.1, -0.05) is 78.9 Å². The van der Waals surface area contributed by atoms with Gasteiger partial charge in [-0.2, -0.15) is 0 Å². The van der Waals surface area contributed by atoms with Crippen molar-refractivity contribution >= 4 is 28.3 Å². The summed E-state index contributed by atoms with van der Waals surface area (Å²) in [5.41, 5.74) is 7.22. The molecule has 0 bridgehead atoms. The normalized spacial score (nSPS) is 11.4. The van der Waals surface area contributed by atoms with Crippen molar-refractivity contribution in [1.29, 1.82) is 0 Å². The van der Waals surface area contributed by atoms with E-state index in [9.17, 15) is 0 Å². The van der Waals surface area contributed by atoms with Crippen molar-refractivity contribution in [3.05, 3.63) is 102 Å². The van der Waals surface area contributed by atoms with E-state index in [-0.39, 0.29) is 0 Å². The molecule has 28 heavy (non-hydrogen) atoms. The number of rotatable bonds is 4. The van der Waals surface area contributed by atoms with Gasteiger partial charge < -0.3 is 9.73 Å². The van der Waals surface area contributed by atoms with Crippen LogP contribution in [0.25, 0.3) is 22.1 Å². The van der Waals surface area contributed by atoms with Crippen LogP contribution in [0.15, 0.2) is 101 Å². The van der Waals surface area contributed by atoms with Gasteiger partial charge in [-0.15, -0.1) is 5.10 Å². The largest absolute Gasteiger partial charge is 0.436 e. The minimum atomic E-state index is 0.436. The molecule has 4 nitrogen and oxygen atoms in total. The van der Waals surface area contributed by atoms with Gasteiger partial charge in [0, 0.05) is 17.5 Å². The van der Waals surface area contributed by atoms with Crippen LogP contribution in [0.3, 0.4) is 0 Å². The minimum absolute atomic E-state index is 0.436. The monoisotopic (exact) mass is 385 g/mol. The van der Waals surface area contributed by atoms with Gasteiger partial charge in [0.15, 0.2) is 5.11 Å². The Morgan fingerprint density at radius 2 is 1.54 bits per heavy atom. The first-order valence-electron chi connectivity index (χ1n) is 8.99. The lowest BCUT2D eigenvalue weighted by atomic mass is 10.1. The molecule has 0 radical (unpaired) electrons. The lowest BCUT2D eigenvalue weighted by molar-refractivity contribution is 0.532. The first-order valence-corrected chi connectivity index (χ1v) is 9.40. The summed E-state index contributed by atoms with van der Waals surface area (Å²) in [6.45, 7) is 0.628. The number of nitrogens with zero attached hydrogens (tertiary/aromatic N) is 1. The Morgan fingerprint density at radius 1 is 0.857 bits per heavy atom. The summed E-state index contributed by atoms with van der Waals surface area (Å²) < 4.78 is 6.04. The van der Waals surface area contributed by atoms with E-state index in [4.69, 9.17) is 16.6 Å². The third-order valence-electron chi connectivity index (χ3n) is 4.30. The number of thiocarbonyl (C=S) groups is 1. The van der Waals surface area contributed by atoms with E-state index in [0.29, 0.717) is 17.2 Å². The highest BCUT2D eigenvalue weighted by atomic mass is 32.1. The van der Waals surface area contributed by atoms with Gasteiger partial charge in [-0.3, -0.25) is 5.43 Å². The summed E-state index contributed by atoms with van der Waals surface area (Å²) in [7, 11) is 0. The second-order valence-electron chi connectivity index (χ2n) is 6.26. The first-order chi connectivity index (χ1) is 13.8. The molecule has 0 aliphatic rings. The Balaban J connectivity index is 1.62. The van der Waals surface area contributed by atoms with Crippen molar-refractivity contribution in [3.8, 4) is 11.1 Å². The number of nitrogens with one attached hydrogen (secondary N) is 2. The predicted molar refractivity (Wildman–Crippen MR) is 116 cm³/mol. The molecule has 0 saturated carbocycles. The van der Waals surface area contributed by atoms with Crippen LogP contribution in [0.2, 0.25) is 0 Å². The molecule has 5 heteroatoms. The summed E-state index contributed by atoms with van der Waals surface area (Å²) in [5, 5.41) is 9.03. The van der Waals surface area contributed by atoms with Crippen molar-refractivity contribution < 1.29 is 4.42 Å². The summed E-state index contributed by atoms with van der Waals surface area (Å²) in [4.78, 5) is 0. The molecule has 0 aliphatic carbocycles. The number of fused-ring (bicyclic) bond motifs is 1. The number of benzene rings is 3. The van der Waals surface area contributed by atoms with Crippen LogP contribution in [-0.2, 0) is 6.54 Å². The maximum absolute atomic E-state index is 6.04. The average molecular weight is 385 g/mol. The third-order valence-corrected chi connectivity index (χ3v) is 4.53. The second-order valence-corrected chi connectivity index (χ2v) is 6.67. The molecule has 3 aromatic carbocycles. The highest BCUT2D eigenvalue weighted by Crippen LogP contribution is 2.20. The average Bonchev–Trinajstić information content (AvgIpc) is 2.77. The van der Waals surface area contributed by atoms with Crippen molar-refractivity contribution in [2.24, 2.45) is 5.10 Å². The molecular formula is C23H19N3OS. The van der Waals surface area contributed by atoms with Gasteiger partial charge >= 0.3 is 0 Å². The molecule has 4 rings (SSSR count). The summed E-state index contributed by atoms with van der Waals surface area (Å²) >= 11 is 5.35. The van der Waals surface area contributed by atoms with E-state index < -0.39 is 0 Å². The minimum Gasteiger partial charge on any atom is -0.436 e. The second kappa shape index (κ2) is 8.50. The zero-order valence-electron chi connectivity index (χ0n) is 15.1. The molecule has 0 saturated heterocycles. The molecule has 0 atom stereocenters. The lowest BCUT2D eigenvalue weighted by Gasteiger charge is -2.08. The fourth-order valence-electron chi connectivity index (χ4n) is 2.90. The van der Waals surface area contributed by atoms with Crippen molar-refractivity contribution in [3.63, 3.8) is 0 Å². The van der Waals surface area contributed by atoms with E-state index in [1.165, 1.54) is 0 Å². The van der Waals surface area contributed by atoms with Crippen molar-refractivity contribution in [2.45, 2.75) is 6.54 Å². The van der Waals surface area contributed by atoms with Gasteiger partial charge in [0.25, 0.3) is 0 Å². The molecule has 4 aromatic rings. The number of hydrogen-bond acceptors (Lipinski definition) is 3. The standard InChI is InChI=1S/C23H19N3OS/c28-23(24-16-17-9-3-1-4-10-17)26-25-22-20(18-11-5-2-6-12-18)15-19-13-7-8-14-21(19)27-22/h1-15H,16H2,(H2,24,26,28)/b25-22+. The molecule has 2 N–H and O–H groups in total. The van der Waals surface area contributed by atoms with Gasteiger partial charge in [0.1, 0.15) is 5.58 Å². The topological polar surface area (TPSA) is 49.6 Å². The highest BCUT2D eigenvalue weighted by Gasteiger charge is 2.06. The van der Waals surface area contributed by atoms with Gasteiger partial charge in [0.2, 0.25) is 5.55 Å². The van der Waals surface area contributed by atoms with E-state index in [1.54, 1.807) is 0 Å². The zero-order chi connectivity index (χ0) is 19.2. The van der Waals surface area contributed by atoms with Crippen LogP contribution in [0.1, 0.15) is 5.56 Å². The third kappa shape index (κ3) is 4.27. The van der Waals surface area contributed by atoms with Crippen LogP contribution < -0.4 is 16.3 Å². The smallest absolute Gasteiger partial charge is 0.244 e. The van der Waals surface area contributed by atoms with E-state index in [1.807, 2.05) is 84.9 Å². The summed E-state index contributed by atoms with van der Waals surface area (Å²) in [6.07, 6.45) is 0. The van der Waals surface area contributed by atoms with Crippen LogP contribution in [0, 0.1) is 0 Å². The van der Waals surface area contributed by atoms with E-state index >= 15 is 0 Å². The summed E-state index contributed by atoms with van der Waals surface area (Å²) in [6, 6.07) is 30.1. The lowest BCUT2D eigenvalue weighted by Crippen LogP contribution is -2.33. The molecule has 0 fully saturated rings. The molecule has 1 heterocycles. The number of hydrogen-bond donors (Lipinski definition) is 2. The van der Waals surface area contributed by atoms with Crippen LogP contribution in [-0.4, -0.2) is 5.11 Å². The molecule has 0 aliphatic heterocycles. The Labute approximate surface area is 168 Å². The fourth-order valence-corrected chi connectivity index (χ4v) is 3.01. The van der Waals surface area contributed by atoms with Gasteiger partial charge in [-0.25, -0.2) is 0 Å². The highest BCUT2D eigenvalue weighted by molar-refractivity contribution is 7.80. The SMILES string of the molecule is S=C(NCc1ccccc1)N/N=c1/oc2ccccc2cc1-c1ccccc1. The summed E-state index contributed by atoms with van der Waals surface area (Å²) in [5.74, 6) is 0. The van der Waals surface area contributed by atoms with E-state index in [0.717, 1.165) is 27.7 Å². The number of para-hydroxylation sites is 1. The molecule has 0 amide bonds. The maximum Gasteiger partial charge on any atom is 0.244 e. The van der Waals surface area contributed by atoms with Crippen LogP contribution >= 0.6 is 12.2 Å².